The number of imidazole rings is 1. The molecule has 0 aromatic carbocycles. The molecule has 0 spiro atoms. The number of aromatic hydroxyl groups is 1. The van der Waals surface area contributed by atoms with Gasteiger partial charge in [-0.2, -0.15) is 0 Å². The van der Waals surface area contributed by atoms with Crippen molar-refractivity contribution in [3.05, 3.63) is 16.2 Å². The molecule has 1 aromatic rings. The van der Waals surface area contributed by atoms with Crippen LogP contribution in [0.25, 0.3) is 0 Å². The van der Waals surface area contributed by atoms with Crippen molar-refractivity contribution in [3.63, 3.8) is 0 Å². The molecule has 2 heterocycles. The second-order valence-electron chi connectivity index (χ2n) is 2.51. The van der Waals surface area contributed by atoms with Crippen molar-refractivity contribution in [3.8, 4) is 5.88 Å². The molecular formula is C6H8N2O3. The summed E-state index contributed by atoms with van der Waals surface area (Å²) in [6, 6.07) is 0. The summed E-state index contributed by atoms with van der Waals surface area (Å²) in [5, 5.41) is 9.11. The van der Waals surface area contributed by atoms with Crippen LogP contribution in [0.2, 0.25) is 0 Å². The molecule has 5 heteroatoms. The van der Waals surface area contributed by atoms with Gasteiger partial charge in [0, 0.05) is 0 Å². The maximum atomic E-state index is 11.0. The highest BCUT2D eigenvalue weighted by Crippen LogP contribution is 2.25. The van der Waals surface area contributed by atoms with Gasteiger partial charge in [0.2, 0.25) is 5.88 Å². The fraction of sp³-hybridized carbons (Fsp3) is 0.500. The number of aromatic amines is 1. The number of aromatic nitrogens is 2. The van der Waals surface area contributed by atoms with E-state index in [0.717, 1.165) is 0 Å². The monoisotopic (exact) mass is 156 g/mol. The predicted molar refractivity (Wildman–Crippen MR) is 36.2 cm³/mol. The van der Waals surface area contributed by atoms with E-state index in [-0.39, 0.29) is 17.8 Å². The van der Waals surface area contributed by atoms with Crippen molar-refractivity contribution < 1.29 is 9.84 Å². The summed E-state index contributed by atoms with van der Waals surface area (Å²) < 4.78 is 6.51. The predicted octanol–water partition coefficient (Wildman–Crippen LogP) is -0.0693. The van der Waals surface area contributed by atoms with Crippen LogP contribution in [-0.4, -0.2) is 14.7 Å². The van der Waals surface area contributed by atoms with Gasteiger partial charge >= 0.3 is 5.69 Å². The third-order valence-electron chi connectivity index (χ3n) is 1.83. The van der Waals surface area contributed by atoms with Gasteiger partial charge in [0.05, 0.1) is 6.61 Å². The molecule has 0 radical (unpaired) electrons. The molecule has 0 fully saturated rings. The Morgan fingerprint density at radius 2 is 2.55 bits per heavy atom. The van der Waals surface area contributed by atoms with Crippen molar-refractivity contribution in [1.29, 1.82) is 0 Å². The molecule has 1 aliphatic rings. The highest BCUT2D eigenvalue weighted by Gasteiger charge is 2.24. The molecule has 1 unspecified atom stereocenters. The first kappa shape index (κ1) is 6.48. The van der Waals surface area contributed by atoms with Gasteiger partial charge in [-0.15, -0.1) is 0 Å². The van der Waals surface area contributed by atoms with Crippen LogP contribution in [0, 0.1) is 0 Å². The van der Waals surface area contributed by atoms with Crippen LogP contribution in [0.15, 0.2) is 4.79 Å². The summed E-state index contributed by atoms with van der Waals surface area (Å²) in [7, 11) is 0. The number of fused-ring (bicyclic) bond motifs is 1. The Labute approximate surface area is 62.2 Å². The molecule has 0 saturated carbocycles. The summed E-state index contributed by atoms with van der Waals surface area (Å²) in [5.74, 6) is -0.0839. The van der Waals surface area contributed by atoms with Gasteiger partial charge in [-0.25, -0.2) is 4.79 Å². The highest BCUT2D eigenvalue weighted by molar-refractivity contribution is 5.19. The van der Waals surface area contributed by atoms with Gasteiger partial charge in [-0.05, 0) is 6.92 Å². The summed E-state index contributed by atoms with van der Waals surface area (Å²) in [4.78, 5) is 13.3. The molecule has 1 atom stereocenters. The summed E-state index contributed by atoms with van der Waals surface area (Å²) in [6.07, 6.45) is -0.269. The van der Waals surface area contributed by atoms with E-state index in [0.29, 0.717) is 12.3 Å². The van der Waals surface area contributed by atoms with E-state index < -0.39 is 0 Å². The molecular weight excluding hydrogens is 148 g/mol. The topological polar surface area (TPSA) is 67.2 Å². The lowest BCUT2D eigenvalue weighted by atomic mass is 10.5. The van der Waals surface area contributed by atoms with Crippen molar-refractivity contribution in [1.82, 2.24) is 9.55 Å². The molecule has 0 amide bonds. The number of ether oxygens (including phenoxy) is 1. The van der Waals surface area contributed by atoms with E-state index in [1.54, 1.807) is 6.92 Å². The largest absolute Gasteiger partial charge is 0.493 e. The molecule has 0 bridgehead atoms. The molecule has 2 N–H and O–H groups in total. The average molecular weight is 156 g/mol. The Morgan fingerprint density at radius 1 is 1.82 bits per heavy atom. The molecule has 0 saturated heterocycles. The molecule has 5 nitrogen and oxygen atoms in total. The van der Waals surface area contributed by atoms with Crippen LogP contribution in [0.1, 0.15) is 18.8 Å². The minimum atomic E-state index is -0.317. The van der Waals surface area contributed by atoms with E-state index in [4.69, 9.17) is 9.84 Å². The Bertz CT molecular complexity index is 338. The maximum absolute atomic E-state index is 11.0. The van der Waals surface area contributed by atoms with E-state index in [1.807, 2.05) is 0 Å². The number of nitrogens with one attached hydrogen (secondary N) is 1. The third kappa shape index (κ3) is 0.711. The Balaban J connectivity index is 2.69. The standard InChI is InChI=1S/C6H8N2O3/c1-3-8-4(2-11-3)5(9)7-6(8)10/h3,9H,2H2,1H3,(H,7,10). The third-order valence-corrected chi connectivity index (χ3v) is 1.83. The van der Waals surface area contributed by atoms with E-state index in [2.05, 4.69) is 4.98 Å². The van der Waals surface area contributed by atoms with Crippen molar-refractivity contribution in [2.45, 2.75) is 19.8 Å². The van der Waals surface area contributed by atoms with Gasteiger partial charge in [0.1, 0.15) is 11.9 Å². The smallest absolute Gasteiger partial charge is 0.330 e. The Kier molecular flexibility index (Phi) is 1.11. The zero-order valence-electron chi connectivity index (χ0n) is 6.00. The molecule has 60 valence electrons. The van der Waals surface area contributed by atoms with Crippen LogP contribution >= 0.6 is 0 Å². The Hall–Kier alpha value is -1.23. The number of rotatable bonds is 0. The highest BCUT2D eigenvalue weighted by atomic mass is 16.5. The first-order valence-corrected chi connectivity index (χ1v) is 3.34. The molecule has 1 aliphatic heterocycles. The lowest BCUT2D eigenvalue weighted by molar-refractivity contribution is 0.0440. The number of hydrogen-bond donors (Lipinski definition) is 2. The van der Waals surface area contributed by atoms with Gasteiger partial charge in [-0.3, -0.25) is 9.55 Å². The van der Waals surface area contributed by atoms with Crippen LogP contribution in [-0.2, 0) is 11.3 Å². The van der Waals surface area contributed by atoms with Gasteiger partial charge in [-0.1, -0.05) is 0 Å². The summed E-state index contributed by atoms with van der Waals surface area (Å²) >= 11 is 0. The van der Waals surface area contributed by atoms with Crippen molar-refractivity contribution in [2.75, 3.05) is 0 Å². The number of hydrogen-bond acceptors (Lipinski definition) is 3. The van der Waals surface area contributed by atoms with Gasteiger partial charge in [0.25, 0.3) is 0 Å². The number of nitrogens with zero attached hydrogens (tertiary/aromatic N) is 1. The zero-order valence-corrected chi connectivity index (χ0v) is 6.00. The van der Waals surface area contributed by atoms with Crippen LogP contribution in [0.5, 0.6) is 5.88 Å². The second kappa shape index (κ2) is 1.88. The lowest BCUT2D eigenvalue weighted by Gasteiger charge is -2.00. The van der Waals surface area contributed by atoms with Gasteiger partial charge < -0.3 is 9.84 Å². The zero-order chi connectivity index (χ0) is 8.01. The van der Waals surface area contributed by atoms with Gasteiger partial charge in [0.15, 0.2) is 0 Å². The van der Waals surface area contributed by atoms with E-state index in [9.17, 15) is 4.79 Å². The first-order chi connectivity index (χ1) is 5.20. The number of H-pyrrole nitrogens is 1. The molecule has 1 aromatic heterocycles. The van der Waals surface area contributed by atoms with Crippen molar-refractivity contribution >= 4 is 0 Å². The molecule has 11 heavy (non-hydrogen) atoms. The minimum absolute atomic E-state index is 0.0839. The summed E-state index contributed by atoms with van der Waals surface area (Å²) in [5.41, 5.74) is 0.213. The van der Waals surface area contributed by atoms with Crippen molar-refractivity contribution in [2.24, 2.45) is 0 Å². The summed E-state index contributed by atoms with van der Waals surface area (Å²) in [6.45, 7) is 2.05. The van der Waals surface area contributed by atoms with Crippen LogP contribution < -0.4 is 5.69 Å². The first-order valence-electron chi connectivity index (χ1n) is 3.34. The second-order valence-corrected chi connectivity index (χ2v) is 2.51. The van der Waals surface area contributed by atoms with Crippen LogP contribution in [0.3, 0.4) is 0 Å². The quantitative estimate of drug-likeness (QED) is 0.552. The fourth-order valence-electron chi connectivity index (χ4n) is 1.27. The fourth-order valence-corrected chi connectivity index (χ4v) is 1.27. The van der Waals surface area contributed by atoms with E-state index >= 15 is 0 Å². The van der Waals surface area contributed by atoms with Crippen LogP contribution in [0.4, 0.5) is 0 Å². The Morgan fingerprint density at radius 3 is 3.18 bits per heavy atom. The molecule has 2 rings (SSSR count). The molecule has 0 aliphatic carbocycles. The maximum Gasteiger partial charge on any atom is 0.330 e. The van der Waals surface area contributed by atoms with E-state index in [1.165, 1.54) is 4.57 Å². The normalized spacial score (nSPS) is 22.1. The minimum Gasteiger partial charge on any atom is -0.493 e. The lowest BCUT2D eigenvalue weighted by Crippen LogP contribution is -2.18. The SMILES string of the molecule is CC1OCc2c(O)[nH]c(=O)n21. The average Bonchev–Trinajstić information content (AvgIpc) is 2.41.